The van der Waals surface area contributed by atoms with Gasteiger partial charge >= 0.3 is 0 Å². The largest absolute Gasteiger partial charge is 0.338 e. The molecule has 1 fully saturated rings. The topological polar surface area (TPSA) is 37.7 Å². The highest BCUT2D eigenvalue weighted by atomic mass is 16.2. The molecular formula is C14H22N3O+. The van der Waals surface area contributed by atoms with E-state index in [2.05, 4.69) is 23.7 Å². The Morgan fingerprint density at radius 1 is 1.33 bits per heavy atom. The van der Waals surface area contributed by atoms with Crippen LogP contribution in [0.1, 0.15) is 37.0 Å². The molecule has 0 aromatic carbocycles. The first-order valence-electron chi connectivity index (χ1n) is 6.82. The summed E-state index contributed by atoms with van der Waals surface area (Å²) in [6.07, 6.45) is 4.14. The first-order valence-corrected chi connectivity index (χ1v) is 6.82. The van der Waals surface area contributed by atoms with Gasteiger partial charge in [-0.3, -0.25) is 9.69 Å². The van der Waals surface area contributed by atoms with E-state index in [1.165, 1.54) is 0 Å². The van der Waals surface area contributed by atoms with E-state index in [0.717, 1.165) is 50.4 Å². The molecule has 0 atom stereocenters. The third-order valence-corrected chi connectivity index (χ3v) is 3.54. The van der Waals surface area contributed by atoms with Gasteiger partial charge in [0.15, 0.2) is 0 Å². The van der Waals surface area contributed by atoms with Crippen LogP contribution in [-0.4, -0.2) is 37.0 Å². The maximum Gasteiger partial charge on any atom is 0.287 e. The van der Waals surface area contributed by atoms with Gasteiger partial charge in [0.25, 0.3) is 11.7 Å². The van der Waals surface area contributed by atoms with Crippen molar-refractivity contribution < 1.29 is 9.78 Å². The second-order valence-electron chi connectivity index (χ2n) is 4.60. The number of nitrogens with zero attached hydrogens (tertiary/aromatic N) is 2. The zero-order valence-corrected chi connectivity index (χ0v) is 11.3. The van der Waals surface area contributed by atoms with Crippen LogP contribution in [0.3, 0.4) is 0 Å². The van der Waals surface area contributed by atoms with Crippen molar-refractivity contribution in [2.75, 3.05) is 31.1 Å². The normalized spacial score (nSPS) is 14.9. The smallest absolute Gasteiger partial charge is 0.287 e. The molecule has 0 saturated carbocycles. The molecule has 1 amide bonds. The van der Waals surface area contributed by atoms with Crippen molar-refractivity contribution in [3.63, 3.8) is 0 Å². The van der Waals surface area contributed by atoms with E-state index in [1.54, 1.807) is 0 Å². The van der Waals surface area contributed by atoms with E-state index in [1.807, 2.05) is 23.2 Å². The lowest BCUT2D eigenvalue weighted by Crippen LogP contribution is -2.35. The number of carbonyl (C=O) groups excluding carboxylic acids is 1. The zero-order valence-electron chi connectivity index (χ0n) is 11.3. The summed E-state index contributed by atoms with van der Waals surface area (Å²) >= 11 is 0. The number of likely N-dealkylation sites (tertiary alicyclic amines) is 1. The van der Waals surface area contributed by atoms with E-state index >= 15 is 0 Å². The summed E-state index contributed by atoms with van der Waals surface area (Å²) in [5.41, 5.74) is 0.795. The standard InChI is InChI=1S/C14H21N3O/c1-3-16(4-2)13-12(8-7-9-15-13)14(18)17-10-5-6-11-17/h7-9H,3-6,10-11H2,1-2H3/p+1. The Hall–Kier alpha value is -1.58. The van der Waals surface area contributed by atoms with Gasteiger partial charge in [-0.2, -0.15) is 0 Å². The fourth-order valence-corrected chi connectivity index (χ4v) is 2.49. The van der Waals surface area contributed by atoms with E-state index in [9.17, 15) is 4.79 Å². The summed E-state index contributed by atoms with van der Waals surface area (Å²) in [6, 6.07) is 3.82. The highest BCUT2D eigenvalue weighted by molar-refractivity contribution is 5.98. The number of pyridine rings is 1. The van der Waals surface area contributed by atoms with Crippen molar-refractivity contribution in [2.24, 2.45) is 0 Å². The molecule has 1 N–H and O–H groups in total. The molecule has 0 unspecified atom stereocenters. The van der Waals surface area contributed by atoms with E-state index in [4.69, 9.17) is 0 Å². The summed E-state index contributed by atoms with van der Waals surface area (Å²) in [5.74, 6) is 1.10. The van der Waals surface area contributed by atoms with Gasteiger partial charge in [-0.15, -0.1) is 0 Å². The molecule has 18 heavy (non-hydrogen) atoms. The zero-order chi connectivity index (χ0) is 13.0. The Bertz CT molecular complexity index is 409. The van der Waals surface area contributed by atoms with Gasteiger partial charge in [-0.25, -0.2) is 4.98 Å². The Balaban J connectivity index is 2.28. The van der Waals surface area contributed by atoms with Crippen LogP contribution in [0.5, 0.6) is 0 Å². The Morgan fingerprint density at radius 2 is 2.00 bits per heavy atom. The lowest BCUT2D eigenvalue weighted by molar-refractivity contribution is -0.364. The number of nitrogens with one attached hydrogen (secondary N) is 1. The third kappa shape index (κ3) is 2.47. The number of H-pyrrole nitrogens is 1. The van der Waals surface area contributed by atoms with Crippen LogP contribution in [0.2, 0.25) is 0 Å². The van der Waals surface area contributed by atoms with Crippen molar-refractivity contribution in [1.29, 1.82) is 0 Å². The quantitative estimate of drug-likeness (QED) is 0.811. The molecule has 2 heterocycles. The van der Waals surface area contributed by atoms with Crippen LogP contribution in [0.15, 0.2) is 18.3 Å². The molecule has 98 valence electrons. The van der Waals surface area contributed by atoms with Gasteiger partial charge in [0.1, 0.15) is 5.56 Å². The van der Waals surface area contributed by atoms with Gasteiger partial charge in [-0.1, -0.05) is 0 Å². The molecule has 1 aliphatic rings. The second-order valence-corrected chi connectivity index (χ2v) is 4.60. The average Bonchev–Trinajstić information content (AvgIpc) is 2.94. The van der Waals surface area contributed by atoms with Gasteiger partial charge in [0, 0.05) is 13.1 Å². The summed E-state index contributed by atoms with van der Waals surface area (Å²) < 4.78 is 0. The number of hydrogen-bond donors (Lipinski definition) is 0. The van der Waals surface area contributed by atoms with Crippen molar-refractivity contribution in [2.45, 2.75) is 26.7 Å². The molecule has 1 saturated heterocycles. The SMILES string of the molecule is CCN(CC)c1[nH+]cccc1C(=O)N1CCCC1. The van der Waals surface area contributed by atoms with Crippen molar-refractivity contribution in [3.8, 4) is 0 Å². The number of rotatable bonds is 4. The van der Waals surface area contributed by atoms with Crippen molar-refractivity contribution in [3.05, 3.63) is 23.9 Å². The Kier molecular flexibility index (Phi) is 4.18. The Morgan fingerprint density at radius 3 is 2.61 bits per heavy atom. The molecule has 0 spiro atoms. The molecule has 0 aliphatic carbocycles. The summed E-state index contributed by atoms with van der Waals surface area (Å²) in [6.45, 7) is 7.80. The van der Waals surface area contributed by atoms with E-state index in [-0.39, 0.29) is 5.91 Å². The first kappa shape index (κ1) is 12.9. The summed E-state index contributed by atoms with van der Waals surface area (Å²) in [7, 11) is 0. The van der Waals surface area contributed by atoms with Gasteiger partial charge in [0.05, 0.1) is 19.3 Å². The first-order chi connectivity index (χ1) is 8.77. The lowest BCUT2D eigenvalue weighted by atomic mass is 10.2. The second kappa shape index (κ2) is 5.85. The molecular weight excluding hydrogens is 226 g/mol. The molecule has 4 heteroatoms. The Labute approximate surface area is 109 Å². The molecule has 1 aromatic rings. The number of aromatic nitrogens is 1. The molecule has 1 aliphatic heterocycles. The van der Waals surface area contributed by atoms with Gasteiger partial charge in [-0.05, 0) is 38.8 Å². The third-order valence-electron chi connectivity index (χ3n) is 3.54. The number of aromatic amines is 1. The highest BCUT2D eigenvalue weighted by Gasteiger charge is 2.27. The van der Waals surface area contributed by atoms with Crippen LogP contribution < -0.4 is 9.88 Å². The molecule has 4 nitrogen and oxygen atoms in total. The number of anilines is 1. The predicted molar refractivity (Wildman–Crippen MR) is 71.7 cm³/mol. The number of hydrogen-bond acceptors (Lipinski definition) is 2. The fraction of sp³-hybridized carbons (Fsp3) is 0.571. The van der Waals surface area contributed by atoms with E-state index < -0.39 is 0 Å². The summed E-state index contributed by atoms with van der Waals surface area (Å²) in [5, 5.41) is 0. The summed E-state index contributed by atoms with van der Waals surface area (Å²) in [4.78, 5) is 19.8. The minimum Gasteiger partial charge on any atom is -0.338 e. The van der Waals surface area contributed by atoms with Gasteiger partial charge in [0.2, 0.25) is 0 Å². The maximum absolute atomic E-state index is 12.5. The molecule has 0 radical (unpaired) electrons. The highest BCUT2D eigenvalue weighted by Crippen LogP contribution is 2.18. The minimum atomic E-state index is 0.159. The fourth-order valence-electron chi connectivity index (χ4n) is 2.49. The van der Waals surface area contributed by atoms with Crippen LogP contribution >= 0.6 is 0 Å². The molecule has 0 bridgehead atoms. The average molecular weight is 248 g/mol. The van der Waals surface area contributed by atoms with Gasteiger partial charge < -0.3 is 4.90 Å². The van der Waals surface area contributed by atoms with Crippen LogP contribution in [0.4, 0.5) is 5.82 Å². The predicted octanol–water partition coefficient (Wildman–Crippen LogP) is 1.58. The van der Waals surface area contributed by atoms with Crippen molar-refractivity contribution >= 4 is 11.7 Å². The van der Waals surface area contributed by atoms with Crippen LogP contribution in [-0.2, 0) is 0 Å². The number of amides is 1. The minimum absolute atomic E-state index is 0.159. The van der Waals surface area contributed by atoms with E-state index in [0.29, 0.717) is 0 Å². The monoisotopic (exact) mass is 248 g/mol. The number of carbonyl (C=O) groups is 1. The molecule has 1 aromatic heterocycles. The van der Waals surface area contributed by atoms with Crippen LogP contribution in [0, 0.1) is 0 Å². The maximum atomic E-state index is 12.5. The lowest BCUT2D eigenvalue weighted by Gasteiger charge is -2.19. The van der Waals surface area contributed by atoms with Crippen molar-refractivity contribution in [1.82, 2.24) is 4.90 Å². The molecule has 2 rings (SSSR count). The van der Waals surface area contributed by atoms with Crippen LogP contribution in [0.25, 0.3) is 0 Å².